The van der Waals surface area contributed by atoms with Crippen LogP contribution in [0.4, 0.5) is 0 Å². The van der Waals surface area contributed by atoms with Gasteiger partial charge in [-0.25, -0.2) is 0 Å². The average Bonchev–Trinajstić information content (AvgIpc) is 3.09. The zero-order chi connectivity index (χ0) is 17.4. The molecule has 1 aromatic carbocycles. The van der Waals surface area contributed by atoms with E-state index in [1.165, 1.54) is 5.56 Å². The molecule has 1 fully saturated rings. The number of likely N-dealkylation sites (tertiary alicyclic amines) is 1. The molecule has 0 aliphatic carbocycles. The molecule has 1 saturated heterocycles. The van der Waals surface area contributed by atoms with E-state index in [4.69, 9.17) is 4.98 Å². The van der Waals surface area contributed by atoms with Gasteiger partial charge in [0.15, 0.2) is 0 Å². The van der Waals surface area contributed by atoms with Crippen molar-refractivity contribution in [1.29, 1.82) is 0 Å². The summed E-state index contributed by atoms with van der Waals surface area (Å²) in [6.07, 6.45) is 2.58. The number of nitrogens with zero attached hydrogens (tertiary/aromatic N) is 4. The second-order valence-corrected chi connectivity index (χ2v) is 7.13. The van der Waals surface area contributed by atoms with Gasteiger partial charge < -0.3 is 5.11 Å². The molecule has 3 aromatic rings. The van der Waals surface area contributed by atoms with E-state index in [2.05, 4.69) is 34.4 Å². The van der Waals surface area contributed by atoms with Gasteiger partial charge in [-0.3, -0.25) is 14.6 Å². The standard InChI is InChI=1S/C20H24N4O/c1-14-17(10-23(2)22-14)12-24-11-16(20(25)13-24)9-18-8-7-15-5-3-4-6-19(15)21-18/h3-8,10,16,20,25H,9,11-13H2,1-2H3/t16-,20-/m1/s1. The summed E-state index contributed by atoms with van der Waals surface area (Å²) in [5, 5.41) is 16.1. The fourth-order valence-electron chi connectivity index (χ4n) is 3.81. The second-order valence-electron chi connectivity index (χ2n) is 7.13. The summed E-state index contributed by atoms with van der Waals surface area (Å²) in [4.78, 5) is 7.08. The van der Waals surface area contributed by atoms with E-state index >= 15 is 0 Å². The van der Waals surface area contributed by atoms with Gasteiger partial charge in [-0.1, -0.05) is 24.3 Å². The van der Waals surface area contributed by atoms with Crippen LogP contribution in [0.5, 0.6) is 0 Å². The molecule has 1 N–H and O–H groups in total. The maximum atomic E-state index is 10.5. The predicted molar refractivity (Wildman–Crippen MR) is 98.2 cm³/mol. The van der Waals surface area contributed by atoms with E-state index < -0.39 is 0 Å². The van der Waals surface area contributed by atoms with Crippen LogP contribution in [0.2, 0.25) is 0 Å². The minimum atomic E-state index is -0.301. The average molecular weight is 336 g/mol. The molecule has 5 nitrogen and oxygen atoms in total. The molecule has 0 unspecified atom stereocenters. The van der Waals surface area contributed by atoms with Gasteiger partial charge in [0.25, 0.3) is 0 Å². The largest absolute Gasteiger partial charge is 0.391 e. The van der Waals surface area contributed by atoms with Crippen LogP contribution in [0.15, 0.2) is 42.6 Å². The van der Waals surface area contributed by atoms with Crippen molar-refractivity contribution >= 4 is 10.9 Å². The number of benzene rings is 1. The zero-order valence-corrected chi connectivity index (χ0v) is 14.8. The molecule has 1 aliphatic rings. The van der Waals surface area contributed by atoms with Crippen LogP contribution < -0.4 is 0 Å². The molecule has 25 heavy (non-hydrogen) atoms. The fraction of sp³-hybridized carbons (Fsp3) is 0.400. The summed E-state index contributed by atoms with van der Waals surface area (Å²) in [5.74, 6) is 0.227. The van der Waals surface area contributed by atoms with Crippen LogP contribution in [-0.2, 0) is 20.0 Å². The van der Waals surface area contributed by atoms with Crippen LogP contribution in [-0.4, -0.2) is 44.0 Å². The Hall–Kier alpha value is -2.24. The fourth-order valence-corrected chi connectivity index (χ4v) is 3.81. The first kappa shape index (κ1) is 16.2. The molecule has 5 heteroatoms. The van der Waals surface area contributed by atoms with Gasteiger partial charge >= 0.3 is 0 Å². The first-order valence-corrected chi connectivity index (χ1v) is 8.83. The van der Waals surface area contributed by atoms with Crippen molar-refractivity contribution in [3.8, 4) is 0 Å². The lowest BCUT2D eigenvalue weighted by atomic mass is 9.99. The highest BCUT2D eigenvalue weighted by Crippen LogP contribution is 2.24. The number of para-hydroxylation sites is 1. The molecule has 0 saturated carbocycles. The Kier molecular flexibility index (Phi) is 4.27. The third-order valence-corrected chi connectivity index (χ3v) is 5.12. The molecule has 0 amide bonds. The maximum Gasteiger partial charge on any atom is 0.0711 e. The number of aryl methyl sites for hydroxylation is 2. The zero-order valence-electron chi connectivity index (χ0n) is 14.8. The molecule has 0 bridgehead atoms. The quantitative estimate of drug-likeness (QED) is 0.794. The maximum absolute atomic E-state index is 10.5. The molecule has 2 atom stereocenters. The monoisotopic (exact) mass is 336 g/mol. The molecule has 0 spiro atoms. The first-order valence-electron chi connectivity index (χ1n) is 8.83. The van der Waals surface area contributed by atoms with Gasteiger partial charge in [-0.05, 0) is 25.5 Å². The lowest BCUT2D eigenvalue weighted by molar-refractivity contribution is 0.140. The summed E-state index contributed by atoms with van der Waals surface area (Å²) in [6, 6.07) is 12.4. The van der Waals surface area contributed by atoms with Crippen molar-refractivity contribution in [1.82, 2.24) is 19.7 Å². The molecule has 2 aromatic heterocycles. The molecular formula is C20H24N4O. The van der Waals surface area contributed by atoms with E-state index in [0.29, 0.717) is 6.54 Å². The number of rotatable bonds is 4. The number of pyridine rings is 1. The topological polar surface area (TPSA) is 54.2 Å². The minimum absolute atomic E-state index is 0.227. The van der Waals surface area contributed by atoms with E-state index in [-0.39, 0.29) is 12.0 Å². The second kappa shape index (κ2) is 6.58. The molecule has 4 rings (SSSR count). The van der Waals surface area contributed by atoms with Crippen molar-refractivity contribution in [2.24, 2.45) is 13.0 Å². The van der Waals surface area contributed by atoms with Crippen molar-refractivity contribution in [2.45, 2.75) is 26.0 Å². The summed E-state index contributed by atoms with van der Waals surface area (Å²) < 4.78 is 1.85. The number of β-amino-alcohol motifs (C(OH)–C–C–N with tert-alkyl or cyclic N) is 1. The van der Waals surface area contributed by atoms with Crippen molar-refractivity contribution in [3.63, 3.8) is 0 Å². The van der Waals surface area contributed by atoms with Gasteiger partial charge in [0.05, 0.1) is 17.3 Å². The highest BCUT2D eigenvalue weighted by molar-refractivity contribution is 5.78. The van der Waals surface area contributed by atoms with Gasteiger partial charge in [0.1, 0.15) is 0 Å². The van der Waals surface area contributed by atoms with E-state index in [1.807, 2.05) is 36.9 Å². The normalized spacial score (nSPS) is 21.2. The highest BCUT2D eigenvalue weighted by atomic mass is 16.3. The summed E-state index contributed by atoms with van der Waals surface area (Å²) in [5.41, 5.74) is 4.38. The Labute approximate surface area is 147 Å². The third-order valence-electron chi connectivity index (χ3n) is 5.12. The van der Waals surface area contributed by atoms with Crippen LogP contribution in [0.25, 0.3) is 10.9 Å². The predicted octanol–water partition coefficient (Wildman–Crippen LogP) is 2.31. The number of aromatic nitrogens is 3. The van der Waals surface area contributed by atoms with Gasteiger partial charge in [0, 0.05) is 55.4 Å². The van der Waals surface area contributed by atoms with Crippen LogP contribution in [0.1, 0.15) is 17.0 Å². The minimum Gasteiger partial charge on any atom is -0.391 e. The third kappa shape index (κ3) is 3.43. The number of aliphatic hydroxyl groups is 1. The molecular weight excluding hydrogens is 312 g/mol. The lowest BCUT2D eigenvalue weighted by Crippen LogP contribution is -2.21. The summed E-state index contributed by atoms with van der Waals surface area (Å²) >= 11 is 0. The van der Waals surface area contributed by atoms with E-state index in [0.717, 1.165) is 41.8 Å². The molecule has 130 valence electrons. The Morgan fingerprint density at radius 2 is 2.00 bits per heavy atom. The first-order chi connectivity index (χ1) is 12.1. The number of hydrogen-bond acceptors (Lipinski definition) is 4. The van der Waals surface area contributed by atoms with Crippen LogP contribution >= 0.6 is 0 Å². The van der Waals surface area contributed by atoms with E-state index in [9.17, 15) is 5.11 Å². The Balaban J connectivity index is 1.44. The van der Waals surface area contributed by atoms with Crippen molar-refractivity contribution in [2.75, 3.05) is 13.1 Å². The Morgan fingerprint density at radius 1 is 1.16 bits per heavy atom. The van der Waals surface area contributed by atoms with Crippen molar-refractivity contribution in [3.05, 3.63) is 59.5 Å². The molecule has 0 radical (unpaired) electrons. The van der Waals surface area contributed by atoms with Gasteiger partial charge in [0.2, 0.25) is 0 Å². The smallest absolute Gasteiger partial charge is 0.0711 e. The summed E-state index contributed by atoms with van der Waals surface area (Å²) in [6.45, 7) is 4.49. The lowest BCUT2D eigenvalue weighted by Gasteiger charge is -2.15. The van der Waals surface area contributed by atoms with Crippen LogP contribution in [0, 0.1) is 12.8 Å². The summed E-state index contributed by atoms with van der Waals surface area (Å²) in [7, 11) is 1.95. The number of aliphatic hydroxyl groups excluding tert-OH is 1. The van der Waals surface area contributed by atoms with Crippen molar-refractivity contribution < 1.29 is 5.11 Å². The Bertz CT molecular complexity index is 888. The number of fused-ring (bicyclic) bond motifs is 1. The van der Waals surface area contributed by atoms with E-state index in [1.54, 1.807) is 0 Å². The van der Waals surface area contributed by atoms with Gasteiger partial charge in [-0.2, -0.15) is 5.10 Å². The molecule has 3 heterocycles. The number of hydrogen-bond donors (Lipinski definition) is 1. The molecule has 1 aliphatic heterocycles. The van der Waals surface area contributed by atoms with Crippen LogP contribution in [0.3, 0.4) is 0 Å². The highest BCUT2D eigenvalue weighted by Gasteiger charge is 2.32. The Morgan fingerprint density at radius 3 is 2.80 bits per heavy atom. The SMILES string of the molecule is Cc1nn(C)cc1CN1C[C@@H](Cc2ccc3ccccc3n2)[C@H](O)C1. The van der Waals surface area contributed by atoms with Gasteiger partial charge in [-0.15, -0.1) is 0 Å².